The van der Waals surface area contributed by atoms with Crippen LogP contribution in [0.3, 0.4) is 0 Å². The van der Waals surface area contributed by atoms with Crippen LogP contribution >= 0.6 is 0 Å². The van der Waals surface area contributed by atoms with E-state index >= 15 is 0 Å². The van der Waals surface area contributed by atoms with Crippen LogP contribution in [-0.2, 0) is 16.6 Å². The van der Waals surface area contributed by atoms with Gasteiger partial charge in [0.1, 0.15) is 5.69 Å². The van der Waals surface area contributed by atoms with E-state index in [1.54, 1.807) is 17.1 Å². The van der Waals surface area contributed by atoms with Gasteiger partial charge in [-0.05, 0) is 36.8 Å². The van der Waals surface area contributed by atoms with Gasteiger partial charge in [-0.1, -0.05) is 25.1 Å². The predicted octanol–water partition coefficient (Wildman–Crippen LogP) is 2.34. The van der Waals surface area contributed by atoms with Gasteiger partial charge in [0.2, 0.25) is 10.0 Å². The summed E-state index contributed by atoms with van der Waals surface area (Å²) in [6, 6.07) is 14.3. The number of nitrogens with zero attached hydrogens (tertiary/aromatic N) is 5. The molecule has 0 unspecified atom stereocenters. The Kier molecular flexibility index (Phi) is 4.25. The van der Waals surface area contributed by atoms with Crippen LogP contribution in [0.1, 0.15) is 13.3 Å². The summed E-state index contributed by atoms with van der Waals surface area (Å²) in [6.45, 7) is 2.79. The molecule has 0 aliphatic heterocycles. The molecule has 4 rings (SSSR count). The molecule has 2 aromatic carbocycles. The fourth-order valence-corrected chi connectivity index (χ4v) is 3.52. The van der Waals surface area contributed by atoms with Crippen molar-refractivity contribution in [3.05, 3.63) is 54.7 Å². The summed E-state index contributed by atoms with van der Waals surface area (Å²) < 4.78 is 25.3. The number of aromatic nitrogens is 5. The number of fused-ring (bicyclic) bond motifs is 1. The van der Waals surface area contributed by atoms with Crippen LogP contribution in [0.5, 0.6) is 0 Å². The lowest BCUT2D eigenvalue weighted by atomic mass is 10.3. The molecule has 0 amide bonds. The zero-order valence-corrected chi connectivity index (χ0v) is 15.5. The second-order valence-electron chi connectivity index (χ2n) is 6.14. The van der Waals surface area contributed by atoms with Crippen molar-refractivity contribution in [2.24, 2.45) is 5.14 Å². The third-order valence-corrected chi connectivity index (χ3v) is 5.11. The molecule has 0 radical (unpaired) electrons. The van der Waals surface area contributed by atoms with Gasteiger partial charge in [0, 0.05) is 6.54 Å². The van der Waals surface area contributed by atoms with Crippen LogP contribution < -0.4 is 5.14 Å². The summed E-state index contributed by atoms with van der Waals surface area (Å²) in [7, 11) is -3.79. The van der Waals surface area contributed by atoms with Gasteiger partial charge in [-0.3, -0.25) is 0 Å². The summed E-state index contributed by atoms with van der Waals surface area (Å²) in [4.78, 5) is 6.19. The number of benzene rings is 2. The molecule has 9 heteroatoms. The first-order chi connectivity index (χ1) is 13.0. The highest BCUT2D eigenvalue weighted by atomic mass is 32.2. The Labute approximate surface area is 156 Å². The van der Waals surface area contributed by atoms with Gasteiger partial charge in [0.25, 0.3) is 0 Å². The van der Waals surface area contributed by atoms with Gasteiger partial charge in [0.05, 0.1) is 27.8 Å². The van der Waals surface area contributed by atoms with Gasteiger partial charge in [-0.2, -0.15) is 9.90 Å². The summed E-state index contributed by atoms with van der Waals surface area (Å²) >= 11 is 0. The quantitative estimate of drug-likeness (QED) is 0.570. The predicted molar refractivity (Wildman–Crippen MR) is 102 cm³/mol. The molecule has 0 aliphatic rings. The van der Waals surface area contributed by atoms with Crippen molar-refractivity contribution in [3.63, 3.8) is 0 Å². The largest absolute Gasteiger partial charge is 0.323 e. The van der Waals surface area contributed by atoms with Crippen LogP contribution in [0.25, 0.3) is 28.2 Å². The molecular formula is C18H18N6O2S. The van der Waals surface area contributed by atoms with Crippen LogP contribution in [0.15, 0.2) is 59.6 Å². The van der Waals surface area contributed by atoms with Crippen molar-refractivity contribution in [2.45, 2.75) is 24.8 Å². The highest BCUT2D eigenvalue weighted by Gasteiger charge is 2.18. The van der Waals surface area contributed by atoms with E-state index in [9.17, 15) is 8.42 Å². The molecule has 0 atom stereocenters. The van der Waals surface area contributed by atoms with Crippen LogP contribution in [0.4, 0.5) is 0 Å². The molecule has 27 heavy (non-hydrogen) atoms. The van der Waals surface area contributed by atoms with E-state index in [1.807, 2.05) is 34.9 Å². The fraction of sp³-hybridized carbons (Fsp3) is 0.167. The second-order valence-corrected chi connectivity index (χ2v) is 7.70. The normalized spacial score (nSPS) is 11.9. The van der Waals surface area contributed by atoms with E-state index in [0.717, 1.165) is 24.2 Å². The molecule has 0 bridgehead atoms. The summed E-state index contributed by atoms with van der Waals surface area (Å²) in [5, 5.41) is 14.1. The van der Waals surface area contributed by atoms with E-state index in [-0.39, 0.29) is 4.90 Å². The number of aryl methyl sites for hydroxylation is 1. The number of nitrogens with two attached hydrogens (primary N) is 1. The number of hydrogen-bond donors (Lipinski definition) is 1. The number of primary sulfonamides is 1. The van der Waals surface area contributed by atoms with Crippen molar-refractivity contribution in [1.29, 1.82) is 0 Å². The zero-order chi connectivity index (χ0) is 19.0. The molecule has 0 spiro atoms. The van der Waals surface area contributed by atoms with Crippen LogP contribution in [0.2, 0.25) is 0 Å². The summed E-state index contributed by atoms with van der Waals surface area (Å²) in [6.07, 6.45) is 2.54. The zero-order valence-electron chi connectivity index (χ0n) is 14.6. The Balaban J connectivity index is 1.86. The van der Waals surface area contributed by atoms with Gasteiger partial charge in [-0.15, -0.1) is 5.10 Å². The molecule has 2 aromatic heterocycles. The SMILES string of the molecule is CCCn1c(-c2cnn(-c3ccccc3)n2)nc2cc(S(N)(=O)=O)ccc21. The number of imidazole rings is 1. The first kappa shape index (κ1) is 17.4. The standard InChI is InChI=1S/C18H18N6O2S/c1-2-10-23-17-9-8-14(27(19,25)26)11-15(17)21-18(23)16-12-20-24(22-16)13-6-4-3-5-7-13/h3-9,11-12H,2,10H2,1H3,(H2,19,25,26). The average molecular weight is 382 g/mol. The molecule has 0 saturated heterocycles. The van der Waals surface area contributed by atoms with E-state index in [1.165, 1.54) is 12.1 Å². The Bertz CT molecular complexity index is 1210. The van der Waals surface area contributed by atoms with Crippen molar-refractivity contribution >= 4 is 21.1 Å². The van der Waals surface area contributed by atoms with Gasteiger partial charge >= 0.3 is 0 Å². The van der Waals surface area contributed by atoms with Crippen molar-refractivity contribution < 1.29 is 8.42 Å². The number of sulfonamides is 1. The maximum absolute atomic E-state index is 11.6. The first-order valence-corrected chi connectivity index (χ1v) is 10.0. The van der Waals surface area contributed by atoms with E-state index in [4.69, 9.17) is 5.14 Å². The molecule has 0 aliphatic carbocycles. The Morgan fingerprint density at radius 1 is 1.11 bits per heavy atom. The van der Waals surface area contributed by atoms with Crippen LogP contribution in [0, 0.1) is 0 Å². The molecule has 138 valence electrons. The minimum absolute atomic E-state index is 0.0376. The Morgan fingerprint density at radius 3 is 2.59 bits per heavy atom. The smallest absolute Gasteiger partial charge is 0.238 e. The monoisotopic (exact) mass is 382 g/mol. The Hall–Kier alpha value is -3.04. The van der Waals surface area contributed by atoms with E-state index < -0.39 is 10.0 Å². The second kappa shape index (κ2) is 6.60. The Morgan fingerprint density at radius 2 is 1.89 bits per heavy atom. The lowest BCUT2D eigenvalue weighted by Crippen LogP contribution is -2.11. The van der Waals surface area contributed by atoms with Gasteiger partial charge in [-0.25, -0.2) is 18.5 Å². The lowest BCUT2D eigenvalue weighted by Gasteiger charge is -2.06. The minimum atomic E-state index is -3.79. The molecular weight excluding hydrogens is 364 g/mol. The number of para-hydroxylation sites is 1. The third kappa shape index (κ3) is 3.22. The number of rotatable bonds is 5. The highest BCUT2D eigenvalue weighted by Crippen LogP contribution is 2.26. The molecule has 2 heterocycles. The first-order valence-electron chi connectivity index (χ1n) is 8.48. The highest BCUT2D eigenvalue weighted by molar-refractivity contribution is 7.89. The summed E-state index contributed by atoms with van der Waals surface area (Å²) in [5.74, 6) is 0.639. The molecule has 8 nitrogen and oxygen atoms in total. The number of hydrogen-bond acceptors (Lipinski definition) is 5. The molecule has 0 fully saturated rings. The van der Waals surface area contributed by atoms with Crippen molar-refractivity contribution in [3.8, 4) is 17.2 Å². The van der Waals surface area contributed by atoms with Crippen molar-refractivity contribution in [2.75, 3.05) is 0 Å². The molecule has 4 aromatic rings. The van der Waals surface area contributed by atoms with Crippen LogP contribution in [-0.4, -0.2) is 33.0 Å². The average Bonchev–Trinajstić information content (AvgIpc) is 3.27. The topological polar surface area (TPSA) is 109 Å². The summed E-state index contributed by atoms with van der Waals surface area (Å²) in [5.41, 5.74) is 2.84. The van der Waals surface area contributed by atoms with Crippen molar-refractivity contribution in [1.82, 2.24) is 24.5 Å². The maximum Gasteiger partial charge on any atom is 0.238 e. The van der Waals surface area contributed by atoms with E-state index in [0.29, 0.717) is 17.0 Å². The maximum atomic E-state index is 11.6. The fourth-order valence-electron chi connectivity index (χ4n) is 2.98. The van der Waals surface area contributed by atoms with E-state index in [2.05, 4.69) is 22.1 Å². The molecule has 0 saturated carbocycles. The third-order valence-electron chi connectivity index (χ3n) is 4.20. The molecule has 2 N–H and O–H groups in total. The van der Waals surface area contributed by atoms with Gasteiger partial charge < -0.3 is 4.57 Å². The minimum Gasteiger partial charge on any atom is -0.323 e. The van der Waals surface area contributed by atoms with Gasteiger partial charge in [0.15, 0.2) is 5.82 Å². The lowest BCUT2D eigenvalue weighted by molar-refractivity contribution is 0.598.